The van der Waals surface area contributed by atoms with Crippen molar-refractivity contribution < 1.29 is 19.8 Å². The molecule has 2 rings (SSSR count). The molecule has 2 heterocycles. The number of aliphatic hydroxyl groups is 1. The summed E-state index contributed by atoms with van der Waals surface area (Å²) in [6.07, 6.45) is 2.50. The van der Waals surface area contributed by atoms with Crippen LogP contribution in [0, 0.1) is 0 Å². The molecule has 2 amide bonds. The van der Waals surface area contributed by atoms with E-state index in [9.17, 15) is 14.7 Å². The van der Waals surface area contributed by atoms with Crippen LogP contribution in [-0.2, 0) is 6.54 Å². The Hall–Kier alpha value is -2.15. The highest BCUT2D eigenvalue weighted by Gasteiger charge is 2.29. The summed E-state index contributed by atoms with van der Waals surface area (Å²) in [6.45, 7) is 2.94. The van der Waals surface area contributed by atoms with E-state index in [0.717, 1.165) is 0 Å². The number of piperidine rings is 1. The fourth-order valence-electron chi connectivity index (χ4n) is 2.18. The van der Waals surface area contributed by atoms with Crippen LogP contribution in [0.15, 0.2) is 18.3 Å². The molecule has 7 nitrogen and oxygen atoms in total. The number of carbonyl (C=O) groups excluding carboxylic acids is 1. The van der Waals surface area contributed by atoms with Gasteiger partial charge in [0, 0.05) is 19.3 Å². The van der Waals surface area contributed by atoms with Crippen molar-refractivity contribution >= 4 is 12.0 Å². The Labute approximate surface area is 122 Å². The Morgan fingerprint density at radius 3 is 2.71 bits per heavy atom. The van der Waals surface area contributed by atoms with Gasteiger partial charge in [0.2, 0.25) is 0 Å². The van der Waals surface area contributed by atoms with Crippen molar-refractivity contribution in [2.24, 2.45) is 0 Å². The molecular weight excluding hydrogens is 274 g/mol. The van der Waals surface area contributed by atoms with Gasteiger partial charge in [0.25, 0.3) is 0 Å². The number of hydrogen-bond acceptors (Lipinski definition) is 4. The lowest BCUT2D eigenvalue weighted by atomic mass is 9.94. The van der Waals surface area contributed by atoms with Gasteiger partial charge in [0.15, 0.2) is 0 Å². The smallest absolute Gasteiger partial charge is 0.335 e. The number of amides is 2. The molecule has 0 aromatic carbocycles. The third kappa shape index (κ3) is 4.16. The van der Waals surface area contributed by atoms with E-state index < -0.39 is 11.6 Å². The first-order valence-electron chi connectivity index (χ1n) is 6.81. The van der Waals surface area contributed by atoms with Gasteiger partial charge < -0.3 is 20.4 Å². The van der Waals surface area contributed by atoms with E-state index in [1.165, 1.54) is 18.3 Å². The Kier molecular flexibility index (Phi) is 4.42. The van der Waals surface area contributed by atoms with E-state index >= 15 is 0 Å². The fourth-order valence-corrected chi connectivity index (χ4v) is 2.18. The van der Waals surface area contributed by atoms with E-state index in [4.69, 9.17) is 5.11 Å². The minimum atomic E-state index is -1.02. The van der Waals surface area contributed by atoms with Crippen molar-refractivity contribution in [2.45, 2.75) is 31.9 Å². The Morgan fingerprint density at radius 2 is 2.10 bits per heavy atom. The van der Waals surface area contributed by atoms with Crippen molar-refractivity contribution in [1.82, 2.24) is 15.2 Å². The number of likely N-dealkylation sites (tertiary alicyclic amines) is 1. The zero-order valence-electron chi connectivity index (χ0n) is 11.9. The van der Waals surface area contributed by atoms with Crippen LogP contribution in [-0.4, -0.2) is 50.8 Å². The minimum Gasteiger partial charge on any atom is -0.478 e. The van der Waals surface area contributed by atoms with Crippen LogP contribution < -0.4 is 5.32 Å². The van der Waals surface area contributed by atoms with E-state index in [2.05, 4.69) is 10.3 Å². The Morgan fingerprint density at radius 1 is 1.43 bits per heavy atom. The van der Waals surface area contributed by atoms with Crippen LogP contribution in [0.2, 0.25) is 0 Å². The molecule has 1 aromatic rings. The maximum atomic E-state index is 12.0. The second-order valence-electron chi connectivity index (χ2n) is 5.48. The largest absolute Gasteiger partial charge is 0.478 e. The van der Waals surface area contributed by atoms with E-state index in [-0.39, 0.29) is 18.1 Å². The van der Waals surface area contributed by atoms with Gasteiger partial charge in [-0.05, 0) is 31.9 Å². The number of carboxylic acid groups (broad SMARTS) is 1. The minimum absolute atomic E-state index is 0.142. The number of pyridine rings is 1. The highest BCUT2D eigenvalue weighted by Crippen LogP contribution is 2.20. The molecule has 3 N–H and O–H groups in total. The van der Waals surface area contributed by atoms with Crippen molar-refractivity contribution in [3.63, 3.8) is 0 Å². The van der Waals surface area contributed by atoms with Crippen LogP contribution in [0.1, 0.15) is 35.8 Å². The summed E-state index contributed by atoms with van der Waals surface area (Å²) < 4.78 is 0. The molecule has 1 aliphatic heterocycles. The van der Waals surface area contributed by atoms with Gasteiger partial charge in [0.1, 0.15) is 0 Å². The van der Waals surface area contributed by atoms with Gasteiger partial charge in [-0.1, -0.05) is 0 Å². The molecular formula is C14H19N3O4. The average Bonchev–Trinajstić information content (AvgIpc) is 2.45. The molecule has 0 unspecified atom stereocenters. The number of aromatic carboxylic acids is 1. The summed E-state index contributed by atoms with van der Waals surface area (Å²) in [6, 6.07) is 2.61. The normalized spacial score (nSPS) is 17.3. The Balaban J connectivity index is 1.87. The number of nitrogens with zero attached hydrogens (tertiary/aromatic N) is 2. The van der Waals surface area contributed by atoms with E-state index in [1.807, 2.05) is 0 Å². The molecule has 1 aromatic heterocycles. The maximum absolute atomic E-state index is 12.0. The van der Waals surface area contributed by atoms with Crippen molar-refractivity contribution in [3.05, 3.63) is 29.6 Å². The third-order valence-electron chi connectivity index (χ3n) is 3.61. The first kappa shape index (κ1) is 15.2. The zero-order valence-corrected chi connectivity index (χ0v) is 11.9. The zero-order chi connectivity index (χ0) is 15.5. The van der Waals surface area contributed by atoms with Crippen molar-refractivity contribution in [1.29, 1.82) is 0 Å². The van der Waals surface area contributed by atoms with Gasteiger partial charge >= 0.3 is 12.0 Å². The third-order valence-corrected chi connectivity index (χ3v) is 3.61. The highest BCUT2D eigenvalue weighted by molar-refractivity contribution is 5.87. The monoisotopic (exact) mass is 293 g/mol. The molecule has 1 fully saturated rings. The lowest BCUT2D eigenvalue weighted by Crippen LogP contribution is -2.48. The van der Waals surface area contributed by atoms with Crippen molar-refractivity contribution in [3.8, 4) is 0 Å². The molecule has 114 valence electrons. The molecule has 0 radical (unpaired) electrons. The van der Waals surface area contributed by atoms with E-state index in [0.29, 0.717) is 31.6 Å². The molecule has 1 aliphatic rings. The first-order valence-corrected chi connectivity index (χ1v) is 6.81. The van der Waals surface area contributed by atoms with Gasteiger partial charge in [-0.25, -0.2) is 9.59 Å². The summed E-state index contributed by atoms with van der Waals surface area (Å²) in [7, 11) is 0. The number of urea groups is 1. The van der Waals surface area contributed by atoms with Crippen LogP contribution in [0.25, 0.3) is 0 Å². The van der Waals surface area contributed by atoms with Gasteiger partial charge in [-0.2, -0.15) is 0 Å². The molecule has 0 atom stereocenters. The first-order chi connectivity index (χ1) is 9.87. The summed E-state index contributed by atoms with van der Waals surface area (Å²) in [5, 5.41) is 21.4. The number of carbonyl (C=O) groups is 2. The van der Waals surface area contributed by atoms with E-state index in [1.54, 1.807) is 11.8 Å². The average molecular weight is 293 g/mol. The fraction of sp³-hybridized carbons (Fsp3) is 0.500. The second kappa shape index (κ2) is 6.09. The number of hydrogen-bond donors (Lipinski definition) is 3. The molecule has 7 heteroatoms. The topological polar surface area (TPSA) is 103 Å². The predicted octanol–water partition coefficient (Wildman–Crippen LogP) is 0.836. The summed E-state index contributed by atoms with van der Waals surface area (Å²) >= 11 is 0. The molecule has 0 spiro atoms. The molecule has 0 aliphatic carbocycles. The SMILES string of the molecule is CC1(O)CCN(C(=O)NCc2cc(C(=O)O)ccn2)CC1. The number of nitrogens with one attached hydrogen (secondary N) is 1. The second-order valence-corrected chi connectivity index (χ2v) is 5.48. The Bertz CT molecular complexity index is 535. The molecule has 0 saturated carbocycles. The van der Waals surface area contributed by atoms with Crippen molar-refractivity contribution in [2.75, 3.05) is 13.1 Å². The van der Waals surface area contributed by atoms with Crippen LogP contribution in [0.4, 0.5) is 4.79 Å². The summed E-state index contributed by atoms with van der Waals surface area (Å²) in [5.41, 5.74) is -0.0655. The van der Waals surface area contributed by atoms with Gasteiger partial charge in [-0.3, -0.25) is 4.98 Å². The standard InChI is InChI=1S/C14H19N3O4/c1-14(21)3-6-17(7-4-14)13(20)16-9-11-8-10(12(18)19)2-5-15-11/h2,5,8,21H,3-4,6-7,9H2,1H3,(H,16,20)(H,18,19). The van der Waals surface area contributed by atoms with Crippen LogP contribution in [0.5, 0.6) is 0 Å². The number of rotatable bonds is 3. The highest BCUT2D eigenvalue weighted by atomic mass is 16.4. The molecule has 21 heavy (non-hydrogen) atoms. The number of aromatic nitrogens is 1. The van der Waals surface area contributed by atoms with Crippen LogP contribution in [0.3, 0.4) is 0 Å². The van der Waals surface area contributed by atoms with Crippen LogP contribution >= 0.6 is 0 Å². The lowest BCUT2D eigenvalue weighted by molar-refractivity contribution is 0.00434. The molecule has 0 bridgehead atoms. The quantitative estimate of drug-likeness (QED) is 0.766. The van der Waals surface area contributed by atoms with Gasteiger partial charge in [-0.15, -0.1) is 0 Å². The molecule has 1 saturated heterocycles. The predicted molar refractivity (Wildman–Crippen MR) is 74.9 cm³/mol. The lowest BCUT2D eigenvalue weighted by Gasteiger charge is -2.35. The number of carboxylic acids is 1. The van der Waals surface area contributed by atoms with Gasteiger partial charge in [0.05, 0.1) is 23.4 Å². The maximum Gasteiger partial charge on any atom is 0.335 e. The summed E-state index contributed by atoms with van der Waals surface area (Å²) in [5.74, 6) is -1.02. The summed E-state index contributed by atoms with van der Waals surface area (Å²) in [4.78, 5) is 28.5.